The summed E-state index contributed by atoms with van der Waals surface area (Å²) in [5, 5.41) is 0.989. The van der Waals surface area contributed by atoms with Gasteiger partial charge in [0.2, 0.25) is 5.91 Å². The highest BCUT2D eigenvalue weighted by Crippen LogP contribution is 2.23. The highest BCUT2D eigenvalue weighted by Gasteiger charge is 2.25. The number of carbonyl (C=O) groups is 2. The van der Waals surface area contributed by atoms with Crippen LogP contribution in [0.4, 0.5) is 4.39 Å². The van der Waals surface area contributed by atoms with Crippen LogP contribution in [0, 0.1) is 11.7 Å². The molecule has 0 radical (unpaired) electrons. The van der Waals surface area contributed by atoms with E-state index in [9.17, 15) is 18.8 Å². The second-order valence-electron chi connectivity index (χ2n) is 10.00. The van der Waals surface area contributed by atoms with Gasteiger partial charge in [0.15, 0.2) is 5.43 Å². The van der Waals surface area contributed by atoms with E-state index in [1.165, 1.54) is 40.3 Å². The molecule has 0 bridgehead atoms. The van der Waals surface area contributed by atoms with Crippen molar-refractivity contribution in [3.63, 3.8) is 0 Å². The Morgan fingerprint density at radius 1 is 0.950 bits per heavy atom. The summed E-state index contributed by atoms with van der Waals surface area (Å²) in [5.74, 6) is -0.910. The fourth-order valence-electron chi connectivity index (χ4n) is 4.24. The summed E-state index contributed by atoms with van der Waals surface area (Å²) in [4.78, 5) is 43.4. The standard InChI is InChI=1S/C31H29Cl2FN2O4/c1-20(2)13-14-35(31(39)25-12-9-23(32)15-27(25)33)18-29(37)36(16-21-7-10-24(34)11-8-21)17-22-19-40-28-6-4-3-5-26(28)30(22)38/h3-12,15,19-20H,13-14,16-18H2,1-2H3. The molecule has 1 aromatic heterocycles. The topological polar surface area (TPSA) is 70.8 Å². The molecular formula is C31H29Cl2FN2O4. The Bertz CT molecular complexity index is 1570. The molecule has 0 fully saturated rings. The molecule has 0 saturated carbocycles. The number of nitrogens with zero attached hydrogens (tertiary/aromatic N) is 2. The third kappa shape index (κ3) is 7.29. The Labute approximate surface area is 241 Å². The molecule has 9 heteroatoms. The number of hydrogen-bond acceptors (Lipinski definition) is 4. The van der Waals surface area contributed by atoms with Crippen LogP contribution in [-0.2, 0) is 17.9 Å². The van der Waals surface area contributed by atoms with E-state index in [1.54, 1.807) is 42.5 Å². The van der Waals surface area contributed by atoms with Gasteiger partial charge in [-0.25, -0.2) is 4.39 Å². The minimum Gasteiger partial charge on any atom is -0.464 e. The zero-order valence-electron chi connectivity index (χ0n) is 22.2. The largest absolute Gasteiger partial charge is 0.464 e. The third-order valence-electron chi connectivity index (χ3n) is 6.50. The van der Waals surface area contributed by atoms with Crippen LogP contribution in [0.15, 0.2) is 82.2 Å². The number of fused-ring (bicyclic) bond motifs is 1. The number of rotatable bonds is 10. The molecule has 0 saturated heterocycles. The van der Waals surface area contributed by atoms with Gasteiger partial charge in [-0.3, -0.25) is 14.4 Å². The van der Waals surface area contributed by atoms with Crippen LogP contribution in [-0.4, -0.2) is 34.7 Å². The Balaban J connectivity index is 1.65. The van der Waals surface area contributed by atoms with Crippen molar-refractivity contribution in [2.45, 2.75) is 33.4 Å². The first-order valence-corrected chi connectivity index (χ1v) is 13.6. The lowest BCUT2D eigenvalue weighted by atomic mass is 10.1. The van der Waals surface area contributed by atoms with Crippen molar-refractivity contribution in [1.29, 1.82) is 0 Å². The van der Waals surface area contributed by atoms with Crippen molar-refractivity contribution >= 4 is 46.0 Å². The molecule has 40 heavy (non-hydrogen) atoms. The summed E-state index contributed by atoms with van der Waals surface area (Å²) in [7, 11) is 0. The van der Waals surface area contributed by atoms with Gasteiger partial charge in [0.1, 0.15) is 17.9 Å². The molecule has 4 rings (SSSR count). The molecule has 4 aromatic rings. The summed E-state index contributed by atoms with van der Waals surface area (Å²) >= 11 is 12.3. The Morgan fingerprint density at radius 3 is 2.38 bits per heavy atom. The second-order valence-corrected chi connectivity index (χ2v) is 10.8. The first-order chi connectivity index (χ1) is 19.1. The predicted molar refractivity (Wildman–Crippen MR) is 155 cm³/mol. The zero-order valence-corrected chi connectivity index (χ0v) is 23.7. The Morgan fingerprint density at radius 2 is 1.68 bits per heavy atom. The quantitative estimate of drug-likeness (QED) is 0.203. The van der Waals surface area contributed by atoms with Crippen LogP contribution in [0.3, 0.4) is 0 Å². The van der Waals surface area contributed by atoms with E-state index in [2.05, 4.69) is 0 Å². The molecular weight excluding hydrogens is 554 g/mol. The highest BCUT2D eigenvalue weighted by atomic mass is 35.5. The summed E-state index contributed by atoms with van der Waals surface area (Å²) in [6.07, 6.45) is 2.02. The van der Waals surface area contributed by atoms with Gasteiger partial charge in [0.05, 0.1) is 34.3 Å². The van der Waals surface area contributed by atoms with Gasteiger partial charge in [0.25, 0.3) is 5.91 Å². The van der Waals surface area contributed by atoms with E-state index in [4.69, 9.17) is 27.6 Å². The maximum atomic E-state index is 13.8. The van der Waals surface area contributed by atoms with Crippen molar-refractivity contribution in [2.75, 3.05) is 13.1 Å². The molecule has 0 aliphatic carbocycles. The van der Waals surface area contributed by atoms with Gasteiger partial charge in [-0.1, -0.05) is 61.3 Å². The smallest absolute Gasteiger partial charge is 0.255 e. The lowest BCUT2D eigenvalue weighted by Crippen LogP contribution is -2.43. The average molecular weight is 583 g/mol. The van der Waals surface area contributed by atoms with E-state index in [1.807, 2.05) is 13.8 Å². The maximum Gasteiger partial charge on any atom is 0.255 e. The Hall–Kier alpha value is -3.68. The number of amides is 2. The molecule has 0 spiro atoms. The Kier molecular flexibility index (Phi) is 9.61. The lowest BCUT2D eigenvalue weighted by Gasteiger charge is -2.28. The SMILES string of the molecule is CC(C)CCN(CC(=O)N(Cc1ccc(F)cc1)Cc1coc2ccccc2c1=O)C(=O)c1ccc(Cl)cc1Cl. The van der Waals surface area contributed by atoms with Gasteiger partial charge in [-0.2, -0.15) is 0 Å². The molecule has 0 N–H and O–H groups in total. The molecule has 6 nitrogen and oxygen atoms in total. The summed E-state index contributed by atoms with van der Waals surface area (Å²) in [5.41, 5.74) is 1.39. The summed E-state index contributed by atoms with van der Waals surface area (Å²) in [6, 6.07) is 17.2. The number of carbonyl (C=O) groups excluding carboxylic acids is 2. The van der Waals surface area contributed by atoms with Crippen LogP contribution < -0.4 is 5.43 Å². The van der Waals surface area contributed by atoms with Crippen molar-refractivity contribution in [3.05, 3.63) is 116 Å². The molecule has 2 amide bonds. The van der Waals surface area contributed by atoms with Crippen LogP contribution in [0.5, 0.6) is 0 Å². The molecule has 0 aliphatic heterocycles. The average Bonchev–Trinajstić information content (AvgIpc) is 2.92. The fraction of sp³-hybridized carbons (Fsp3) is 0.258. The highest BCUT2D eigenvalue weighted by molar-refractivity contribution is 6.36. The normalized spacial score (nSPS) is 11.2. The molecule has 0 unspecified atom stereocenters. The number of benzene rings is 3. The monoisotopic (exact) mass is 582 g/mol. The van der Waals surface area contributed by atoms with Gasteiger partial charge >= 0.3 is 0 Å². The van der Waals surface area contributed by atoms with Gasteiger partial charge in [0, 0.05) is 18.1 Å². The van der Waals surface area contributed by atoms with Crippen LogP contribution >= 0.6 is 23.2 Å². The first-order valence-electron chi connectivity index (χ1n) is 12.9. The molecule has 3 aromatic carbocycles. The zero-order chi connectivity index (χ0) is 28.8. The van der Waals surface area contributed by atoms with Crippen LogP contribution in [0.2, 0.25) is 10.0 Å². The summed E-state index contributed by atoms with van der Waals surface area (Å²) in [6.45, 7) is 4.17. The van der Waals surface area contributed by atoms with E-state index >= 15 is 0 Å². The number of hydrogen-bond donors (Lipinski definition) is 0. The van der Waals surface area contributed by atoms with Crippen molar-refractivity contribution in [2.24, 2.45) is 5.92 Å². The van der Waals surface area contributed by atoms with E-state index < -0.39 is 11.7 Å². The summed E-state index contributed by atoms with van der Waals surface area (Å²) < 4.78 is 19.2. The van der Waals surface area contributed by atoms with E-state index in [0.29, 0.717) is 34.5 Å². The van der Waals surface area contributed by atoms with Crippen LogP contribution in [0.1, 0.15) is 41.8 Å². The first kappa shape index (κ1) is 29.3. The van der Waals surface area contributed by atoms with Crippen molar-refractivity contribution in [1.82, 2.24) is 9.80 Å². The predicted octanol–water partition coefficient (Wildman–Crippen LogP) is 6.96. The lowest BCUT2D eigenvalue weighted by molar-refractivity contribution is -0.133. The fourth-order valence-corrected chi connectivity index (χ4v) is 4.73. The molecule has 0 atom stereocenters. The van der Waals surface area contributed by atoms with Crippen LogP contribution in [0.25, 0.3) is 11.0 Å². The maximum absolute atomic E-state index is 13.8. The molecule has 208 valence electrons. The third-order valence-corrected chi connectivity index (χ3v) is 7.05. The minimum absolute atomic E-state index is 0.0582. The van der Waals surface area contributed by atoms with Crippen molar-refractivity contribution < 1.29 is 18.4 Å². The second kappa shape index (κ2) is 13.1. The van der Waals surface area contributed by atoms with Gasteiger partial charge < -0.3 is 14.2 Å². The molecule has 0 aliphatic rings. The van der Waals surface area contributed by atoms with E-state index in [-0.39, 0.29) is 53.0 Å². The molecule has 1 heterocycles. The van der Waals surface area contributed by atoms with Gasteiger partial charge in [-0.15, -0.1) is 0 Å². The minimum atomic E-state index is -0.401. The number of para-hydroxylation sites is 1. The van der Waals surface area contributed by atoms with Crippen molar-refractivity contribution in [3.8, 4) is 0 Å². The number of halogens is 3. The van der Waals surface area contributed by atoms with E-state index in [0.717, 1.165) is 0 Å². The van der Waals surface area contributed by atoms with Gasteiger partial charge in [-0.05, 0) is 60.4 Å².